The zero-order valence-corrected chi connectivity index (χ0v) is 10.4. The Kier molecular flexibility index (Phi) is 3.14. The molecule has 1 unspecified atom stereocenters. The van der Waals surface area contributed by atoms with Crippen molar-refractivity contribution in [3.8, 4) is 0 Å². The highest BCUT2D eigenvalue weighted by molar-refractivity contribution is 5.28. The molecule has 1 aromatic rings. The third-order valence-corrected chi connectivity index (χ3v) is 3.26. The number of nitrogens with zero attached hydrogens (tertiary/aromatic N) is 3. The molecule has 0 saturated carbocycles. The van der Waals surface area contributed by atoms with Crippen molar-refractivity contribution in [1.82, 2.24) is 20.1 Å². The second-order valence-corrected chi connectivity index (χ2v) is 4.48. The molecule has 2 rings (SSSR count). The molecule has 1 aromatic heterocycles. The number of rotatable bonds is 4. The molecule has 2 N–H and O–H groups in total. The maximum absolute atomic E-state index is 4.35. The van der Waals surface area contributed by atoms with Crippen molar-refractivity contribution in [3.05, 3.63) is 5.82 Å². The summed E-state index contributed by atoms with van der Waals surface area (Å²) in [6.45, 7) is 9.27. The SMILES string of the molecule is CCNc1nnc(C2(C)CCCN2)n1CC. The van der Waals surface area contributed by atoms with Gasteiger partial charge in [0.15, 0.2) is 5.82 Å². The van der Waals surface area contributed by atoms with Crippen LogP contribution in [0.25, 0.3) is 0 Å². The predicted molar refractivity (Wildman–Crippen MR) is 64.4 cm³/mol. The van der Waals surface area contributed by atoms with Gasteiger partial charge in [-0.25, -0.2) is 0 Å². The van der Waals surface area contributed by atoms with E-state index in [0.717, 1.165) is 37.8 Å². The van der Waals surface area contributed by atoms with E-state index < -0.39 is 0 Å². The molecule has 1 fully saturated rings. The van der Waals surface area contributed by atoms with Crippen LogP contribution >= 0.6 is 0 Å². The number of anilines is 1. The van der Waals surface area contributed by atoms with E-state index in [-0.39, 0.29) is 5.54 Å². The van der Waals surface area contributed by atoms with Crippen LogP contribution < -0.4 is 10.6 Å². The van der Waals surface area contributed by atoms with Crippen molar-refractivity contribution in [1.29, 1.82) is 0 Å². The maximum Gasteiger partial charge on any atom is 0.224 e. The quantitative estimate of drug-likeness (QED) is 0.808. The van der Waals surface area contributed by atoms with E-state index in [4.69, 9.17) is 0 Å². The molecule has 1 atom stereocenters. The van der Waals surface area contributed by atoms with E-state index >= 15 is 0 Å². The van der Waals surface area contributed by atoms with Gasteiger partial charge < -0.3 is 10.6 Å². The van der Waals surface area contributed by atoms with E-state index in [1.807, 2.05) is 0 Å². The number of hydrogen-bond acceptors (Lipinski definition) is 4. The van der Waals surface area contributed by atoms with Gasteiger partial charge in [-0.15, -0.1) is 10.2 Å². The molecule has 1 aliphatic heterocycles. The molecular formula is C11H21N5. The lowest BCUT2D eigenvalue weighted by Crippen LogP contribution is -2.36. The van der Waals surface area contributed by atoms with Crippen molar-refractivity contribution in [2.45, 2.75) is 45.7 Å². The summed E-state index contributed by atoms with van der Waals surface area (Å²) >= 11 is 0. The molecule has 5 heteroatoms. The van der Waals surface area contributed by atoms with Gasteiger partial charge in [0.05, 0.1) is 5.54 Å². The highest BCUT2D eigenvalue weighted by Crippen LogP contribution is 2.30. The second kappa shape index (κ2) is 4.41. The largest absolute Gasteiger partial charge is 0.355 e. The minimum atomic E-state index is -0.00329. The fourth-order valence-corrected chi connectivity index (χ4v) is 2.39. The third-order valence-electron chi connectivity index (χ3n) is 3.26. The van der Waals surface area contributed by atoms with Gasteiger partial charge in [0.25, 0.3) is 0 Å². The first kappa shape index (κ1) is 11.4. The molecule has 0 spiro atoms. The number of aromatic nitrogens is 3. The van der Waals surface area contributed by atoms with Gasteiger partial charge in [0.1, 0.15) is 0 Å². The van der Waals surface area contributed by atoms with Crippen LogP contribution in [0.2, 0.25) is 0 Å². The molecule has 16 heavy (non-hydrogen) atoms. The standard InChI is InChI=1S/C11H21N5/c1-4-12-10-15-14-9(16(10)5-2)11(3)7-6-8-13-11/h13H,4-8H2,1-3H3,(H,12,15). The maximum atomic E-state index is 4.35. The van der Waals surface area contributed by atoms with Crippen LogP contribution in [0.1, 0.15) is 39.4 Å². The van der Waals surface area contributed by atoms with Crippen LogP contribution in [0.5, 0.6) is 0 Å². The Morgan fingerprint density at radius 1 is 1.44 bits per heavy atom. The van der Waals surface area contributed by atoms with Crippen LogP contribution in [0, 0.1) is 0 Å². The van der Waals surface area contributed by atoms with Gasteiger partial charge in [-0.1, -0.05) is 0 Å². The van der Waals surface area contributed by atoms with Crippen LogP contribution in [0.4, 0.5) is 5.95 Å². The Hall–Kier alpha value is -1.10. The second-order valence-electron chi connectivity index (χ2n) is 4.48. The minimum Gasteiger partial charge on any atom is -0.355 e. The zero-order valence-electron chi connectivity index (χ0n) is 10.4. The Balaban J connectivity index is 2.33. The van der Waals surface area contributed by atoms with Gasteiger partial charge in [-0.3, -0.25) is 4.57 Å². The fourth-order valence-electron chi connectivity index (χ4n) is 2.39. The van der Waals surface area contributed by atoms with Crippen LogP contribution in [-0.4, -0.2) is 27.9 Å². The summed E-state index contributed by atoms with van der Waals surface area (Å²) in [5.41, 5.74) is -0.00329. The molecule has 90 valence electrons. The first-order valence-electron chi connectivity index (χ1n) is 6.14. The van der Waals surface area contributed by atoms with Gasteiger partial charge in [-0.05, 0) is 40.2 Å². The summed E-state index contributed by atoms with van der Waals surface area (Å²) in [4.78, 5) is 0. The van der Waals surface area contributed by atoms with Crippen molar-refractivity contribution < 1.29 is 0 Å². The highest BCUT2D eigenvalue weighted by Gasteiger charge is 2.35. The average molecular weight is 223 g/mol. The number of nitrogens with one attached hydrogen (secondary N) is 2. The summed E-state index contributed by atoms with van der Waals surface area (Å²) in [5.74, 6) is 1.94. The molecule has 0 aromatic carbocycles. The number of hydrogen-bond donors (Lipinski definition) is 2. The van der Waals surface area contributed by atoms with E-state index in [1.165, 1.54) is 6.42 Å². The lowest BCUT2D eigenvalue weighted by atomic mass is 9.99. The summed E-state index contributed by atoms with van der Waals surface area (Å²) < 4.78 is 2.17. The fraction of sp³-hybridized carbons (Fsp3) is 0.818. The van der Waals surface area contributed by atoms with Crippen molar-refractivity contribution >= 4 is 5.95 Å². The molecular weight excluding hydrogens is 202 g/mol. The molecule has 1 saturated heterocycles. The minimum absolute atomic E-state index is 0.00329. The molecule has 0 bridgehead atoms. The summed E-state index contributed by atoms with van der Waals surface area (Å²) in [7, 11) is 0. The summed E-state index contributed by atoms with van der Waals surface area (Å²) in [6, 6.07) is 0. The average Bonchev–Trinajstić information content (AvgIpc) is 2.86. The third kappa shape index (κ3) is 1.80. The smallest absolute Gasteiger partial charge is 0.224 e. The lowest BCUT2D eigenvalue weighted by Gasteiger charge is -2.24. The van der Waals surface area contributed by atoms with E-state index in [2.05, 4.69) is 46.2 Å². The van der Waals surface area contributed by atoms with Crippen molar-refractivity contribution in [2.75, 3.05) is 18.4 Å². The Morgan fingerprint density at radius 2 is 2.25 bits per heavy atom. The normalized spacial score (nSPS) is 24.9. The molecule has 5 nitrogen and oxygen atoms in total. The monoisotopic (exact) mass is 223 g/mol. The lowest BCUT2D eigenvalue weighted by molar-refractivity contribution is 0.388. The van der Waals surface area contributed by atoms with Crippen LogP contribution in [0.3, 0.4) is 0 Å². The van der Waals surface area contributed by atoms with Crippen LogP contribution in [0.15, 0.2) is 0 Å². The molecule has 0 amide bonds. The van der Waals surface area contributed by atoms with Gasteiger partial charge in [-0.2, -0.15) is 0 Å². The van der Waals surface area contributed by atoms with Gasteiger partial charge >= 0.3 is 0 Å². The molecule has 2 heterocycles. The Morgan fingerprint density at radius 3 is 2.81 bits per heavy atom. The zero-order chi connectivity index (χ0) is 11.6. The van der Waals surface area contributed by atoms with E-state index in [9.17, 15) is 0 Å². The molecule has 0 aliphatic carbocycles. The van der Waals surface area contributed by atoms with Crippen LogP contribution in [-0.2, 0) is 12.1 Å². The predicted octanol–water partition coefficient (Wildman–Crippen LogP) is 1.33. The Bertz CT molecular complexity index is 351. The summed E-state index contributed by atoms with van der Waals surface area (Å²) in [5, 5.41) is 15.4. The highest BCUT2D eigenvalue weighted by atomic mass is 15.4. The molecule has 0 radical (unpaired) electrons. The van der Waals surface area contributed by atoms with E-state index in [0.29, 0.717) is 0 Å². The van der Waals surface area contributed by atoms with E-state index in [1.54, 1.807) is 0 Å². The van der Waals surface area contributed by atoms with Gasteiger partial charge in [0.2, 0.25) is 5.95 Å². The first-order valence-corrected chi connectivity index (χ1v) is 6.14. The van der Waals surface area contributed by atoms with Crippen molar-refractivity contribution in [3.63, 3.8) is 0 Å². The van der Waals surface area contributed by atoms with Gasteiger partial charge in [0, 0.05) is 13.1 Å². The topological polar surface area (TPSA) is 54.8 Å². The van der Waals surface area contributed by atoms with Crippen molar-refractivity contribution in [2.24, 2.45) is 0 Å². The Labute approximate surface area is 96.6 Å². The summed E-state index contributed by atoms with van der Waals surface area (Å²) in [6.07, 6.45) is 2.35. The first-order chi connectivity index (χ1) is 7.71. The molecule has 1 aliphatic rings.